The molecule has 0 bridgehead atoms. The summed E-state index contributed by atoms with van der Waals surface area (Å²) in [6, 6.07) is 0. The molecule has 0 spiro atoms. The summed E-state index contributed by atoms with van der Waals surface area (Å²) >= 11 is 0. The Balaban J connectivity index is -0.000000115. The van der Waals surface area contributed by atoms with Gasteiger partial charge in [-0.3, -0.25) is 4.79 Å². The molecule has 0 aromatic heterocycles. The summed E-state index contributed by atoms with van der Waals surface area (Å²) in [7, 11) is -7.84. The summed E-state index contributed by atoms with van der Waals surface area (Å²) in [4.78, 5) is 44.1. The van der Waals surface area contributed by atoms with Gasteiger partial charge in [-0.05, 0) is 6.92 Å². The predicted molar refractivity (Wildman–Crippen MR) is 81.1 cm³/mol. The fraction of sp³-hybridized carbons (Fsp3) is 0.778. The van der Waals surface area contributed by atoms with Gasteiger partial charge >= 0.3 is 26.6 Å². The van der Waals surface area contributed by atoms with Crippen molar-refractivity contribution in [1.29, 1.82) is 0 Å². The molecule has 22 heavy (non-hydrogen) atoms. The first-order valence-corrected chi connectivity index (χ1v) is 9.00. The molecular formula is C9H26N2O9P2. The Bertz CT molecular complexity index is 395. The summed E-state index contributed by atoms with van der Waals surface area (Å²) in [5, 5.41) is 0. The molecule has 0 aliphatic carbocycles. The normalized spacial score (nSPS) is 12.1. The smallest absolute Gasteiger partial charge is 0.433 e. The molecule has 0 heterocycles. The van der Waals surface area contributed by atoms with Gasteiger partial charge in [-0.25, -0.2) is 13.9 Å². The number of carbonyl (C=O) groups excluding carboxylic acids is 2. The molecule has 0 aromatic rings. The molecule has 0 saturated heterocycles. The Kier molecular flexibility index (Phi) is 20.1. The van der Waals surface area contributed by atoms with Crippen molar-refractivity contribution in [2.45, 2.75) is 33.6 Å². The standard InChI is InChI=1S/C4H10.C3H8NO4P.C2H5O5P.H3N/c1-3-4-2;1-2-8-9(6,7)3(4)5;1-7-2(3)8(4,5)6;/h3-4H2,1-2H3;2H2,1H3,(H2,4,5)(H,6,7);1H3,(H2,4,5,6);1H3. The molecule has 1 atom stereocenters. The molecule has 0 aliphatic heterocycles. The maximum atomic E-state index is 10.4. The monoisotopic (exact) mass is 368 g/mol. The van der Waals surface area contributed by atoms with Crippen LogP contribution in [0.4, 0.5) is 9.59 Å². The number of methoxy groups -OCH3 is 1. The number of carbonyl (C=O) groups is 2. The minimum Gasteiger partial charge on any atom is -0.460 e. The molecule has 0 aliphatic rings. The third-order valence-electron chi connectivity index (χ3n) is 1.50. The first-order valence-electron chi connectivity index (χ1n) is 5.81. The number of ether oxygens (including phenoxy) is 1. The van der Waals surface area contributed by atoms with Crippen molar-refractivity contribution < 1.29 is 42.7 Å². The van der Waals surface area contributed by atoms with Crippen LogP contribution in [0.2, 0.25) is 0 Å². The molecule has 1 amide bonds. The highest BCUT2D eigenvalue weighted by molar-refractivity contribution is 7.70. The SMILES string of the molecule is CCCC.CCOP(=O)(O)C(N)=O.COC(=O)P(=O)(O)O.N. The van der Waals surface area contributed by atoms with Crippen molar-refractivity contribution in [2.24, 2.45) is 5.73 Å². The second-order valence-electron chi connectivity index (χ2n) is 3.29. The first kappa shape index (κ1) is 29.2. The summed E-state index contributed by atoms with van der Waals surface area (Å²) in [5.74, 6) is 0. The lowest BCUT2D eigenvalue weighted by atomic mass is 10.4. The fourth-order valence-electron chi connectivity index (χ4n) is 0.358. The van der Waals surface area contributed by atoms with Crippen LogP contribution in [0.3, 0.4) is 0 Å². The van der Waals surface area contributed by atoms with Crippen LogP contribution in [0, 0.1) is 0 Å². The Morgan fingerprint density at radius 1 is 1.05 bits per heavy atom. The van der Waals surface area contributed by atoms with Crippen LogP contribution in [-0.2, 0) is 18.4 Å². The molecule has 11 nitrogen and oxygen atoms in total. The largest absolute Gasteiger partial charge is 0.460 e. The fourth-order valence-corrected chi connectivity index (χ4v) is 1.07. The quantitative estimate of drug-likeness (QED) is 0.446. The zero-order chi connectivity index (χ0) is 17.7. The lowest BCUT2D eigenvalue weighted by Crippen LogP contribution is -2.10. The third-order valence-corrected chi connectivity index (χ3v) is 3.32. The van der Waals surface area contributed by atoms with E-state index in [4.69, 9.17) is 14.7 Å². The van der Waals surface area contributed by atoms with E-state index in [2.05, 4.69) is 28.8 Å². The topological polar surface area (TPSA) is 208 Å². The van der Waals surface area contributed by atoms with Gasteiger partial charge in [0.2, 0.25) is 0 Å². The van der Waals surface area contributed by atoms with Gasteiger partial charge in [-0.15, -0.1) is 0 Å². The highest BCUT2D eigenvalue weighted by atomic mass is 31.2. The van der Waals surface area contributed by atoms with Gasteiger partial charge in [0, 0.05) is 0 Å². The Labute approximate surface area is 129 Å². The van der Waals surface area contributed by atoms with Crippen LogP contribution in [0.15, 0.2) is 0 Å². The van der Waals surface area contributed by atoms with Gasteiger partial charge in [0.05, 0.1) is 13.7 Å². The summed E-state index contributed by atoms with van der Waals surface area (Å²) < 4.78 is 28.0. The van der Waals surface area contributed by atoms with E-state index in [-0.39, 0.29) is 12.8 Å². The molecule has 8 N–H and O–H groups in total. The van der Waals surface area contributed by atoms with Crippen molar-refractivity contribution in [3.8, 4) is 0 Å². The van der Waals surface area contributed by atoms with Gasteiger partial charge in [0.25, 0.3) is 0 Å². The third kappa shape index (κ3) is 19.2. The lowest BCUT2D eigenvalue weighted by molar-refractivity contribution is 0.187. The molecule has 136 valence electrons. The van der Waals surface area contributed by atoms with Gasteiger partial charge in [0.15, 0.2) is 0 Å². The maximum absolute atomic E-state index is 10.4. The highest BCUT2D eigenvalue weighted by Gasteiger charge is 2.26. The van der Waals surface area contributed by atoms with Gasteiger partial charge in [0.1, 0.15) is 0 Å². The Hall–Kier alpha value is -0.800. The van der Waals surface area contributed by atoms with E-state index < -0.39 is 26.6 Å². The average Bonchev–Trinajstić information content (AvgIpc) is 2.37. The molecule has 0 fully saturated rings. The van der Waals surface area contributed by atoms with E-state index >= 15 is 0 Å². The van der Waals surface area contributed by atoms with Crippen molar-refractivity contribution >= 4 is 26.6 Å². The number of hydrogen-bond donors (Lipinski definition) is 5. The zero-order valence-corrected chi connectivity index (χ0v) is 14.9. The Morgan fingerprint density at radius 3 is 1.45 bits per heavy atom. The number of unbranched alkanes of at least 4 members (excludes halogenated alkanes) is 1. The molecule has 0 radical (unpaired) electrons. The number of primary amides is 1. The van der Waals surface area contributed by atoms with E-state index in [0.29, 0.717) is 0 Å². The van der Waals surface area contributed by atoms with E-state index in [9.17, 15) is 18.7 Å². The number of hydrogen-bond acceptors (Lipinski definition) is 7. The van der Waals surface area contributed by atoms with Gasteiger partial charge < -0.3 is 35.8 Å². The second kappa shape index (κ2) is 15.1. The minimum atomic E-state index is -4.62. The van der Waals surface area contributed by atoms with Crippen LogP contribution in [0.25, 0.3) is 0 Å². The minimum absolute atomic E-state index is 0. The van der Waals surface area contributed by atoms with Crippen LogP contribution < -0.4 is 11.9 Å². The summed E-state index contributed by atoms with van der Waals surface area (Å²) in [6.45, 7) is 5.85. The van der Waals surface area contributed by atoms with Gasteiger partial charge in [-0.1, -0.05) is 26.7 Å². The Morgan fingerprint density at radius 2 is 1.41 bits per heavy atom. The number of amides is 1. The molecule has 1 unspecified atom stereocenters. The van der Waals surface area contributed by atoms with Gasteiger partial charge in [-0.2, -0.15) is 0 Å². The second-order valence-corrected chi connectivity index (χ2v) is 6.48. The summed E-state index contributed by atoms with van der Waals surface area (Å²) in [5.41, 5.74) is 1.66. The highest BCUT2D eigenvalue weighted by Crippen LogP contribution is 2.40. The van der Waals surface area contributed by atoms with Crippen LogP contribution in [-0.4, -0.2) is 39.8 Å². The molecule has 0 aromatic carbocycles. The van der Waals surface area contributed by atoms with Crippen molar-refractivity contribution in [2.75, 3.05) is 13.7 Å². The van der Waals surface area contributed by atoms with Crippen LogP contribution in [0.5, 0.6) is 0 Å². The van der Waals surface area contributed by atoms with Crippen LogP contribution in [0.1, 0.15) is 33.6 Å². The molecular weight excluding hydrogens is 342 g/mol. The molecule has 0 saturated carbocycles. The van der Waals surface area contributed by atoms with Crippen LogP contribution >= 0.6 is 15.2 Å². The average molecular weight is 368 g/mol. The lowest BCUT2D eigenvalue weighted by Gasteiger charge is -2.03. The number of nitrogens with two attached hydrogens (primary N) is 1. The van der Waals surface area contributed by atoms with Crippen molar-refractivity contribution in [3.63, 3.8) is 0 Å². The molecule has 13 heteroatoms. The van der Waals surface area contributed by atoms with E-state index in [1.54, 1.807) is 0 Å². The maximum Gasteiger partial charge on any atom is 0.433 e. The van der Waals surface area contributed by atoms with E-state index in [1.165, 1.54) is 19.8 Å². The van der Waals surface area contributed by atoms with E-state index in [0.717, 1.165) is 7.11 Å². The summed E-state index contributed by atoms with van der Waals surface area (Å²) in [6.07, 6.45) is 2.64. The van der Waals surface area contributed by atoms with E-state index in [1.807, 2.05) is 0 Å². The number of rotatable bonds is 5. The molecule has 0 rings (SSSR count). The van der Waals surface area contributed by atoms with Crippen molar-refractivity contribution in [1.82, 2.24) is 6.15 Å². The predicted octanol–water partition coefficient (Wildman–Crippen LogP) is 2.19. The zero-order valence-electron chi connectivity index (χ0n) is 13.1. The van der Waals surface area contributed by atoms with Crippen molar-refractivity contribution in [3.05, 3.63) is 0 Å². The first-order chi connectivity index (χ1) is 9.40.